The number of aliphatic hydroxyl groups is 1. The minimum absolute atomic E-state index is 0.194. The number of aryl methyl sites for hydroxylation is 1. The second-order valence-electron chi connectivity index (χ2n) is 5.62. The van der Waals surface area contributed by atoms with Gasteiger partial charge >= 0.3 is 5.82 Å². The van der Waals surface area contributed by atoms with Crippen LogP contribution in [0.5, 0.6) is 0 Å². The molecule has 0 fully saturated rings. The van der Waals surface area contributed by atoms with Gasteiger partial charge in [0.2, 0.25) is 0 Å². The number of hydrogen-bond acceptors (Lipinski definition) is 4. The van der Waals surface area contributed by atoms with Gasteiger partial charge in [-0.05, 0) is 28.2 Å². The molecule has 3 aromatic rings. The van der Waals surface area contributed by atoms with Crippen molar-refractivity contribution in [3.8, 4) is 0 Å². The average Bonchev–Trinajstić information content (AvgIpc) is 2.88. The Morgan fingerprint density at radius 3 is 2.65 bits per heavy atom. The Morgan fingerprint density at radius 1 is 1.22 bits per heavy atom. The summed E-state index contributed by atoms with van der Waals surface area (Å²) in [6.45, 7) is 1.97. The van der Waals surface area contributed by atoms with E-state index in [1.54, 1.807) is 6.92 Å². The number of aromatic nitrogens is 2. The van der Waals surface area contributed by atoms with Gasteiger partial charge < -0.3 is 15.2 Å². The molecule has 0 bridgehead atoms. The summed E-state index contributed by atoms with van der Waals surface area (Å²) in [5.74, 6) is -0.194. The van der Waals surface area contributed by atoms with Crippen molar-refractivity contribution in [1.29, 1.82) is 0 Å². The Labute approximate surface area is 133 Å². The molecule has 0 saturated carbocycles. The maximum atomic E-state index is 10.7. The molecule has 3 rings (SSSR count). The first-order valence-electron chi connectivity index (χ1n) is 7.37. The van der Waals surface area contributed by atoms with Crippen LogP contribution in [0.25, 0.3) is 10.8 Å². The molecule has 6 nitrogen and oxygen atoms in total. The van der Waals surface area contributed by atoms with E-state index in [1.165, 1.54) is 10.7 Å². The molecule has 0 aliphatic carbocycles. The van der Waals surface area contributed by atoms with Crippen molar-refractivity contribution < 1.29 is 10.0 Å². The highest BCUT2D eigenvalue weighted by Gasteiger charge is 2.18. The highest BCUT2D eigenvalue weighted by molar-refractivity contribution is 5.82. The third-order valence-corrected chi connectivity index (χ3v) is 3.82. The molecular formula is C17H17N3O3. The van der Waals surface area contributed by atoms with Gasteiger partial charge in [-0.25, -0.2) is 0 Å². The third kappa shape index (κ3) is 3.37. The molecule has 2 aromatic carbocycles. The topological polar surface area (TPSA) is 81.2 Å². The maximum absolute atomic E-state index is 10.7. The normalized spacial score (nSPS) is 12.4. The van der Waals surface area contributed by atoms with E-state index < -0.39 is 11.0 Å². The second-order valence-corrected chi connectivity index (χ2v) is 5.62. The molecule has 0 aliphatic rings. The first-order chi connectivity index (χ1) is 11.0. The van der Waals surface area contributed by atoms with Crippen LogP contribution in [0, 0.1) is 17.0 Å². The highest BCUT2D eigenvalue weighted by Crippen LogP contribution is 2.17. The zero-order valence-electron chi connectivity index (χ0n) is 12.7. The van der Waals surface area contributed by atoms with Gasteiger partial charge in [-0.1, -0.05) is 42.5 Å². The predicted molar refractivity (Wildman–Crippen MR) is 87.3 cm³/mol. The SMILES string of the molecule is Cc1cc([N+](=O)[O-])nn1C[C@@H](O)Cc1ccc2ccccc2c1. The molecule has 0 aliphatic heterocycles. The molecule has 1 heterocycles. The van der Waals surface area contributed by atoms with E-state index in [1.807, 2.05) is 36.4 Å². The van der Waals surface area contributed by atoms with E-state index in [4.69, 9.17) is 0 Å². The van der Waals surface area contributed by atoms with Crippen LogP contribution in [0.1, 0.15) is 11.3 Å². The second kappa shape index (κ2) is 6.18. The zero-order chi connectivity index (χ0) is 16.4. The number of nitro groups is 1. The fourth-order valence-electron chi connectivity index (χ4n) is 2.67. The van der Waals surface area contributed by atoms with E-state index >= 15 is 0 Å². The van der Waals surface area contributed by atoms with Crippen LogP contribution in [-0.4, -0.2) is 25.9 Å². The van der Waals surface area contributed by atoms with E-state index in [-0.39, 0.29) is 12.4 Å². The van der Waals surface area contributed by atoms with Crippen molar-refractivity contribution in [1.82, 2.24) is 9.78 Å². The van der Waals surface area contributed by atoms with Crippen molar-refractivity contribution in [2.45, 2.75) is 26.0 Å². The first-order valence-corrected chi connectivity index (χ1v) is 7.37. The third-order valence-electron chi connectivity index (χ3n) is 3.82. The molecule has 0 radical (unpaired) electrons. The molecule has 0 saturated heterocycles. The summed E-state index contributed by atoms with van der Waals surface area (Å²) in [5, 5.41) is 27.2. The molecular weight excluding hydrogens is 294 g/mol. The van der Waals surface area contributed by atoms with E-state index in [2.05, 4.69) is 11.2 Å². The molecule has 1 aromatic heterocycles. The van der Waals surface area contributed by atoms with Crippen molar-refractivity contribution in [3.63, 3.8) is 0 Å². The Balaban J connectivity index is 1.73. The van der Waals surface area contributed by atoms with Crippen LogP contribution in [-0.2, 0) is 13.0 Å². The van der Waals surface area contributed by atoms with Crippen molar-refractivity contribution >= 4 is 16.6 Å². The van der Waals surface area contributed by atoms with Crippen molar-refractivity contribution in [2.75, 3.05) is 0 Å². The quantitative estimate of drug-likeness (QED) is 0.580. The summed E-state index contributed by atoms with van der Waals surface area (Å²) < 4.78 is 1.48. The summed E-state index contributed by atoms with van der Waals surface area (Å²) in [4.78, 5) is 10.2. The number of hydrogen-bond donors (Lipinski definition) is 1. The largest absolute Gasteiger partial charge is 0.391 e. The van der Waals surface area contributed by atoms with Crippen molar-refractivity contribution in [2.24, 2.45) is 0 Å². The number of nitrogens with zero attached hydrogens (tertiary/aromatic N) is 3. The number of benzene rings is 2. The molecule has 0 unspecified atom stereocenters. The van der Waals surface area contributed by atoms with Gasteiger partial charge in [0.05, 0.1) is 29.5 Å². The van der Waals surface area contributed by atoms with Crippen LogP contribution in [0.2, 0.25) is 0 Å². The molecule has 23 heavy (non-hydrogen) atoms. The van der Waals surface area contributed by atoms with E-state index in [0.717, 1.165) is 16.3 Å². The monoisotopic (exact) mass is 311 g/mol. The lowest BCUT2D eigenvalue weighted by molar-refractivity contribution is -0.389. The van der Waals surface area contributed by atoms with Gasteiger partial charge in [0.15, 0.2) is 0 Å². The summed E-state index contributed by atoms with van der Waals surface area (Å²) in [6.07, 6.45) is -0.188. The van der Waals surface area contributed by atoms with Crippen LogP contribution in [0.4, 0.5) is 5.82 Å². The standard InChI is InChI=1S/C17H17N3O3/c1-12-8-17(20(22)23)18-19(12)11-16(21)10-13-6-7-14-4-2-3-5-15(14)9-13/h2-9,16,21H,10-11H2,1H3/t16-/m0/s1. The van der Waals surface area contributed by atoms with E-state index in [9.17, 15) is 15.2 Å². The molecule has 0 spiro atoms. The minimum atomic E-state index is -0.658. The fourth-order valence-corrected chi connectivity index (χ4v) is 2.67. The summed E-state index contributed by atoms with van der Waals surface area (Å²) in [6, 6.07) is 15.5. The Morgan fingerprint density at radius 2 is 1.96 bits per heavy atom. The molecule has 1 N–H and O–H groups in total. The predicted octanol–water partition coefficient (Wildman–Crippen LogP) is 2.86. The zero-order valence-corrected chi connectivity index (χ0v) is 12.7. The van der Waals surface area contributed by atoms with Crippen molar-refractivity contribution in [3.05, 3.63) is 69.9 Å². The molecule has 1 atom stereocenters. The van der Waals surface area contributed by atoms with E-state index in [0.29, 0.717) is 12.1 Å². The lowest BCUT2D eigenvalue weighted by Crippen LogP contribution is -2.20. The fraction of sp³-hybridized carbons (Fsp3) is 0.235. The average molecular weight is 311 g/mol. The van der Waals surface area contributed by atoms with Crippen LogP contribution < -0.4 is 0 Å². The maximum Gasteiger partial charge on any atom is 0.390 e. The van der Waals surface area contributed by atoms with Gasteiger partial charge in [-0.3, -0.25) is 0 Å². The van der Waals surface area contributed by atoms with Gasteiger partial charge in [-0.15, -0.1) is 0 Å². The minimum Gasteiger partial charge on any atom is -0.391 e. The highest BCUT2D eigenvalue weighted by atomic mass is 16.6. The lowest BCUT2D eigenvalue weighted by Gasteiger charge is -2.10. The first kappa shape index (κ1) is 15.2. The molecule has 0 amide bonds. The summed E-state index contributed by atoms with van der Waals surface area (Å²) >= 11 is 0. The van der Waals surface area contributed by atoms with Gasteiger partial charge in [0.25, 0.3) is 0 Å². The number of aliphatic hydroxyl groups excluding tert-OH is 1. The van der Waals surface area contributed by atoms with Crippen LogP contribution in [0.15, 0.2) is 48.5 Å². The van der Waals surface area contributed by atoms with Crippen LogP contribution >= 0.6 is 0 Å². The Kier molecular flexibility index (Phi) is 4.08. The smallest absolute Gasteiger partial charge is 0.390 e. The molecule has 118 valence electrons. The van der Waals surface area contributed by atoms with Gasteiger partial charge in [-0.2, -0.15) is 4.68 Å². The summed E-state index contributed by atoms with van der Waals surface area (Å²) in [7, 11) is 0. The van der Waals surface area contributed by atoms with Gasteiger partial charge in [0, 0.05) is 6.42 Å². The lowest BCUT2D eigenvalue weighted by atomic mass is 10.0. The Hall–Kier alpha value is -2.73. The molecule has 6 heteroatoms. The Bertz CT molecular complexity index is 857. The summed E-state index contributed by atoms with van der Waals surface area (Å²) in [5.41, 5.74) is 1.68. The van der Waals surface area contributed by atoms with Gasteiger partial charge in [0.1, 0.15) is 0 Å². The number of fused-ring (bicyclic) bond motifs is 1. The number of rotatable bonds is 5. The van der Waals surface area contributed by atoms with Crippen LogP contribution in [0.3, 0.4) is 0 Å².